The van der Waals surface area contributed by atoms with Crippen LogP contribution in [0.2, 0.25) is 10.0 Å². The van der Waals surface area contributed by atoms with Gasteiger partial charge in [0.1, 0.15) is 11.6 Å². The Morgan fingerprint density at radius 1 is 0.694 bits per heavy atom. The Hall–Kier alpha value is -5.15. The second-order valence-corrected chi connectivity index (χ2v) is 10.8. The second-order valence-electron chi connectivity index (χ2n) is 9.99. The molecule has 2 N–H and O–H groups in total. The minimum absolute atomic E-state index is 0.00233. The first-order chi connectivity index (χ1) is 23.1. The summed E-state index contributed by atoms with van der Waals surface area (Å²) < 4.78 is 66.8. The van der Waals surface area contributed by atoms with Crippen LogP contribution in [0.4, 0.5) is 22.0 Å². The molecule has 0 atom stereocenters. The van der Waals surface area contributed by atoms with Crippen LogP contribution in [0.15, 0.2) is 85.2 Å². The van der Waals surface area contributed by atoms with E-state index in [9.17, 15) is 41.1 Å². The highest BCUT2D eigenvalue weighted by Crippen LogP contribution is 2.22. The van der Waals surface area contributed by atoms with E-state index in [1.165, 1.54) is 29.3 Å². The van der Waals surface area contributed by atoms with Crippen LogP contribution < -0.4 is 5.73 Å². The van der Waals surface area contributed by atoms with Gasteiger partial charge in [-0.2, -0.15) is 13.2 Å². The number of rotatable bonds is 9. The van der Waals surface area contributed by atoms with Gasteiger partial charge >= 0.3 is 29.9 Å². The molecular weight excluding hydrogens is 700 g/mol. The minimum atomic E-state index is -4.76. The van der Waals surface area contributed by atoms with Gasteiger partial charge in [-0.25, -0.2) is 13.6 Å². The number of benzene rings is 2. The summed E-state index contributed by atoms with van der Waals surface area (Å²) in [5.74, 6) is -5.98. The van der Waals surface area contributed by atoms with Crippen LogP contribution in [-0.4, -0.2) is 56.2 Å². The van der Waals surface area contributed by atoms with E-state index in [1.54, 1.807) is 42.6 Å². The van der Waals surface area contributed by atoms with Crippen molar-refractivity contribution in [2.75, 3.05) is 6.61 Å². The second kappa shape index (κ2) is 17.8. The molecule has 0 bridgehead atoms. The topological polar surface area (TPSA) is 136 Å². The van der Waals surface area contributed by atoms with E-state index < -0.39 is 48.1 Å². The highest BCUT2D eigenvalue weighted by molar-refractivity contribution is 6.34. The van der Waals surface area contributed by atoms with E-state index in [4.69, 9.17) is 28.9 Å². The Kier molecular flexibility index (Phi) is 13.9. The van der Waals surface area contributed by atoms with Crippen molar-refractivity contribution in [1.82, 2.24) is 19.8 Å². The molecule has 0 radical (unpaired) electrons. The van der Waals surface area contributed by atoms with Gasteiger partial charge in [-0.1, -0.05) is 47.5 Å². The number of carbonyl (C=O) groups is 4. The average Bonchev–Trinajstić information content (AvgIpc) is 3.05. The third kappa shape index (κ3) is 12.8. The van der Waals surface area contributed by atoms with Gasteiger partial charge in [0.2, 0.25) is 0 Å². The molecule has 0 saturated carbocycles. The maximum absolute atomic E-state index is 13.2. The summed E-state index contributed by atoms with van der Waals surface area (Å²) in [4.78, 5) is 57.4. The van der Waals surface area contributed by atoms with E-state index in [1.807, 2.05) is 0 Å². The van der Waals surface area contributed by atoms with Crippen molar-refractivity contribution >= 4 is 46.9 Å². The quantitative estimate of drug-likeness (QED) is 0.139. The van der Waals surface area contributed by atoms with E-state index in [0.717, 1.165) is 23.1 Å². The lowest BCUT2D eigenvalue weighted by Gasteiger charge is -2.22. The van der Waals surface area contributed by atoms with Gasteiger partial charge < -0.3 is 20.3 Å². The van der Waals surface area contributed by atoms with Gasteiger partial charge in [0.15, 0.2) is 6.61 Å². The van der Waals surface area contributed by atoms with Crippen LogP contribution >= 0.6 is 23.2 Å². The molecule has 0 fully saturated rings. The normalized spacial score (nSPS) is 10.8. The number of hydrogen-bond acceptors (Lipinski definition) is 7. The van der Waals surface area contributed by atoms with Crippen molar-refractivity contribution < 1.29 is 45.9 Å². The Morgan fingerprint density at radius 2 is 1.14 bits per heavy atom. The maximum atomic E-state index is 13.2. The number of ether oxygens (including phenoxy) is 1. The fourth-order valence-electron chi connectivity index (χ4n) is 3.98. The van der Waals surface area contributed by atoms with Crippen molar-refractivity contribution in [3.8, 4) is 0 Å². The Morgan fingerprint density at radius 3 is 1.51 bits per heavy atom. The number of nitrogens with two attached hydrogens (primary N) is 1. The molecule has 258 valence electrons. The lowest BCUT2D eigenvalue weighted by molar-refractivity contribution is -0.189. The fraction of sp³-hybridized carbons (Fsp3) is 0.188. The largest absolute Gasteiger partial charge is 0.449 e. The van der Waals surface area contributed by atoms with Crippen LogP contribution in [0.25, 0.3) is 0 Å². The molecule has 2 heterocycles. The molecule has 49 heavy (non-hydrogen) atoms. The first-order valence-electron chi connectivity index (χ1n) is 13.9. The number of hydrogen-bond donors (Lipinski definition) is 1. The molecule has 0 unspecified atom stereocenters. The SMILES string of the molecule is NC(=O)C(=O)N(Cc1ccccn1)Cc1ccc(F)cc1Cl.O=C(OCC(F)(F)F)C(=O)N(Cc1ccccn1)Cc1ccc(F)cc1Cl. The highest BCUT2D eigenvalue weighted by Gasteiger charge is 2.33. The number of nitrogens with zero attached hydrogens (tertiary/aromatic N) is 4. The smallest absolute Gasteiger partial charge is 0.422 e. The summed E-state index contributed by atoms with van der Waals surface area (Å²) in [7, 11) is 0. The van der Waals surface area contributed by atoms with Gasteiger partial charge in [0.25, 0.3) is 0 Å². The van der Waals surface area contributed by atoms with Crippen molar-refractivity contribution in [3.05, 3.63) is 129 Å². The Bertz CT molecular complexity index is 1770. The molecule has 17 heteroatoms. The van der Waals surface area contributed by atoms with Crippen LogP contribution in [0, 0.1) is 11.6 Å². The molecule has 0 aliphatic rings. The van der Waals surface area contributed by atoms with Gasteiger partial charge in [-0.05, 0) is 59.7 Å². The third-order valence-corrected chi connectivity index (χ3v) is 6.94. The molecule has 2 aromatic heterocycles. The van der Waals surface area contributed by atoms with Crippen LogP contribution in [0.1, 0.15) is 22.5 Å². The Labute approximate surface area is 286 Å². The van der Waals surface area contributed by atoms with Crippen molar-refractivity contribution in [2.45, 2.75) is 32.4 Å². The van der Waals surface area contributed by atoms with E-state index in [0.29, 0.717) is 22.5 Å². The van der Waals surface area contributed by atoms with Crippen LogP contribution in [0.5, 0.6) is 0 Å². The highest BCUT2D eigenvalue weighted by atomic mass is 35.5. The summed E-state index contributed by atoms with van der Waals surface area (Å²) in [6.07, 6.45) is -1.74. The molecular formula is C32H26Cl2F5N5O5. The summed E-state index contributed by atoms with van der Waals surface area (Å²) in [6, 6.07) is 17.3. The lowest BCUT2D eigenvalue weighted by Crippen LogP contribution is -2.39. The number of aromatic nitrogens is 2. The van der Waals surface area contributed by atoms with Gasteiger partial charge in [-0.3, -0.25) is 24.4 Å². The molecule has 0 aliphatic carbocycles. The number of carbonyl (C=O) groups excluding carboxylic acids is 4. The number of halogens is 7. The zero-order chi connectivity index (χ0) is 36.1. The van der Waals surface area contributed by atoms with Crippen molar-refractivity contribution in [2.24, 2.45) is 5.73 Å². The molecule has 0 aliphatic heterocycles. The first kappa shape index (κ1) is 38.3. The zero-order valence-electron chi connectivity index (χ0n) is 25.2. The summed E-state index contributed by atoms with van der Waals surface area (Å²) >= 11 is 11.9. The van der Waals surface area contributed by atoms with E-state index in [-0.39, 0.29) is 36.2 Å². The molecule has 3 amide bonds. The fourth-order valence-corrected chi connectivity index (χ4v) is 4.43. The molecule has 0 spiro atoms. The number of alkyl halides is 3. The summed E-state index contributed by atoms with van der Waals surface area (Å²) in [6.45, 7) is -2.20. The predicted octanol–water partition coefficient (Wildman–Crippen LogP) is 5.40. The maximum Gasteiger partial charge on any atom is 0.422 e. The number of amides is 3. The standard InChI is InChI=1S/C17H13ClF4N2O3.C15H13ClFN3O2/c18-14-7-12(19)5-4-11(14)8-24(9-13-3-1-2-6-23-13)15(25)16(26)27-10-17(20,21)22;16-13-7-11(17)5-4-10(13)8-20(15(22)14(18)21)9-12-3-1-2-6-19-12/h1-7H,8-10H2;1-7H,8-9H2,(H2,18,21). The summed E-state index contributed by atoms with van der Waals surface area (Å²) in [5, 5.41) is 0.167. The number of primary amides is 1. The predicted molar refractivity (Wildman–Crippen MR) is 166 cm³/mol. The van der Waals surface area contributed by atoms with E-state index >= 15 is 0 Å². The minimum Gasteiger partial charge on any atom is -0.449 e. The molecule has 4 rings (SSSR count). The van der Waals surface area contributed by atoms with Crippen molar-refractivity contribution in [3.63, 3.8) is 0 Å². The Balaban J connectivity index is 0.000000271. The first-order valence-corrected chi connectivity index (χ1v) is 14.7. The number of pyridine rings is 2. The molecule has 2 aromatic carbocycles. The van der Waals surface area contributed by atoms with Gasteiger partial charge in [0, 0.05) is 35.5 Å². The molecule has 0 saturated heterocycles. The monoisotopic (exact) mass is 725 g/mol. The van der Waals surface area contributed by atoms with Gasteiger partial charge in [0.05, 0.1) is 24.5 Å². The molecule has 4 aromatic rings. The summed E-state index contributed by atoms with van der Waals surface area (Å²) in [5.41, 5.74) is 6.84. The molecule has 10 nitrogen and oxygen atoms in total. The van der Waals surface area contributed by atoms with Crippen LogP contribution in [0.3, 0.4) is 0 Å². The number of esters is 1. The van der Waals surface area contributed by atoms with E-state index in [2.05, 4.69) is 14.7 Å². The van der Waals surface area contributed by atoms with Crippen molar-refractivity contribution in [1.29, 1.82) is 0 Å². The lowest BCUT2D eigenvalue weighted by atomic mass is 10.2. The van der Waals surface area contributed by atoms with Crippen LogP contribution in [-0.2, 0) is 50.1 Å². The van der Waals surface area contributed by atoms with Gasteiger partial charge in [-0.15, -0.1) is 0 Å². The average molecular weight is 726 g/mol. The third-order valence-electron chi connectivity index (χ3n) is 6.24. The zero-order valence-corrected chi connectivity index (χ0v) is 26.7.